The number of rotatable bonds is 5. The highest BCUT2D eigenvalue weighted by atomic mass is 19.4. The van der Waals surface area contributed by atoms with Crippen LogP contribution in [0.2, 0.25) is 0 Å². The molecule has 2 N–H and O–H groups in total. The standard InChI is InChI=1S/C30H34F7N5O4/c1-39(23-13-18(29(32,33)34)12-19(14-23)30(35,36)37)27(44)41(3)25-16-42(15-24(25)17-4-6-20(31)7-5-17)26(43)38-21-8-10-22(11-9-21)40(2)28(45)46/h4-7,12-14,21-22,24-25H,8-11,15-16H2,1-3H3,(H,38,43)(H,45,46)/t21-,22-,24-,25+/m0/s1. The first-order chi connectivity index (χ1) is 21.4. The Labute approximate surface area is 260 Å². The van der Waals surface area contributed by atoms with E-state index in [9.17, 15) is 50.2 Å². The van der Waals surface area contributed by atoms with E-state index < -0.39 is 65.1 Å². The lowest BCUT2D eigenvalue weighted by Crippen LogP contribution is -2.50. The van der Waals surface area contributed by atoms with Crippen LogP contribution in [0.25, 0.3) is 0 Å². The summed E-state index contributed by atoms with van der Waals surface area (Å²) in [5, 5.41) is 12.2. The molecular weight excluding hydrogens is 627 g/mol. The molecule has 2 aliphatic rings. The highest BCUT2D eigenvalue weighted by Crippen LogP contribution is 2.39. The number of nitrogens with one attached hydrogen (secondary N) is 1. The quantitative estimate of drug-likeness (QED) is 0.360. The van der Waals surface area contributed by atoms with Crippen molar-refractivity contribution in [1.82, 2.24) is 20.0 Å². The lowest BCUT2D eigenvalue weighted by Gasteiger charge is -2.34. The van der Waals surface area contributed by atoms with Crippen LogP contribution in [-0.4, -0.2) is 90.3 Å². The van der Waals surface area contributed by atoms with Crippen LogP contribution in [0.5, 0.6) is 0 Å². The Morgan fingerprint density at radius 3 is 1.87 bits per heavy atom. The number of halogens is 7. The van der Waals surface area contributed by atoms with Crippen LogP contribution < -0.4 is 10.2 Å². The van der Waals surface area contributed by atoms with Crippen LogP contribution >= 0.6 is 0 Å². The number of likely N-dealkylation sites (N-methyl/N-ethyl adjacent to an activating group) is 1. The Hall–Kier alpha value is -4.24. The van der Waals surface area contributed by atoms with E-state index in [-0.39, 0.29) is 31.2 Å². The number of alkyl halides is 6. The van der Waals surface area contributed by atoms with Crippen molar-refractivity contribution in [2.24, 2.45) is 0 Å². The maximum atomic E-state index is 13.7. The molecule has 5 amide bonds. The van der Waals surface area contributed by atoms with Gasteiger partial charge in [-0.2, -0.15) is 26.3 Å². The first-order valence-electron chi connectivity index (χ1n) is 14.4. The fourth-order valence-corrected chi connectivity index (χ4v) is 6.03. The number of urea groups is 2. The van der Waals surface area contributed by atoms with Gasteiger partial charge in [0.05, 0.1) is 17.2 Å². The summed E-state index contributed by atoms with van der Waals surface area (Å²) < 4.78 is 94.5. The molecular formula is C30H34F7N5O4. The highest BCUT2D eigenvalue weighted by Gasteiger charge is 2.42. The molecule has 46 heavy (non-hydrogen) atoms. The molecule has 252 valence electrons. The summed E-state index contributed by atoms with van der Waals surface area (Å²) in [6.07, 6.45) is -9.10. The van der Waals surface area contributed by atoms with E-state index in [1.807, 2.05) is 0 Å². The fourth-order valence-electron chi connectivity index (χ4n) is 6.03. The van der Waals surface area contributed by atoms with Gasteiger partial charge in [-0.1, -0.05) is 12.1 Å². The van der Waals surface area contributed by atoms with Crippen molar-refractivity contribution >= 4 is 23.8 Å². The first kappa shape index (κ1) is 34.6. The van der Waals surface area contributed by atoms with Crippen molar-refractivity contribution < 1.29 is 50.2 Å². The van der Waals surface area contributed by atoms with Gasteiger partial charge in [-0.3, -0.25) is 4.90 Å². The number of nitrogens with zero attached hydrogens (tertiary/aromatic N) is 4. The lowest BCUT2D eigenvalue weighted by molar-refractivity contribution is -0.143. The molecule has 16 heteroatoms. The van der Waals surface area contributed by atoms with E-state index in [4.69, 9.17) is 0 Å². The molecule has 1 aliphatic heterocycles. The topological polar surface area (TPSA) is 96.4 Å². The predicted octanol–water partition coefficient (Wildman–Crippen LogP) is 6.45. The van der Waals surface area contributed by atoms with E-state index in [2.05, 4.69) is 5.32 Å². The molecule has 4 rings (SSSR count). The summed E-state index contributed by atoms with van der Waals surface area (Å²) in [4.78, 5) is 42.7. The summed E-state index contributed by atoms with van der Waals surface area (Å²) in [5.41, 5.74) is -3.21. The maximum absolute atomic E-state index is 13.7. The Balaban J connectivity index is 1.54. The molecule has 0 unspecified atom stereocenters. The highest BCUT2D eigenvalue weighted by molar-refractivity contribution is 5.92. The first-order valence-corrected chi connectivity index (χ1v) is 14.4. The number of benzene rings is 2. The Kier molecular flexibility index (Phi) is 9.97. The Morgan fingerprint density at radius 2 is 1.37 bits per heavy atom. The minimum Gasteiger partial charge on any atom is -0.465 e. The number of carboxylic acid groups (broad SMARTS) is 1. The van der Waals surface area contributed by atoms with Crippen molar-refractivity contribution in [2.75, 3.05) is 39.1 Å². The molecule has 9 nitrogen and oxygen atoms in total. The third-order valence-electron chi connectivity index (χ3n) is 8.79. The largest absolute Gasteiger partial charge is 0.465 e. The van der Waals surface area contributed by atoms with Gasteiger partial charge in [0, 0.05) is 57.9 Å². The van der Waals surface area contributed by atoms with Crippen molar-refractivity contribution in [3.05, 3.63) is 65.0 Å². The van der Waals surface area contributed by atoms with Gasteiger partial charge < -0.3 is 25.1 Å². The van der Waals surface area contributed by atoms with Gasteiger partial charge in [0.2, 0.25) is 0 Å². The molecule has 1 heterocycles. The van der Waals surface area contributed by atoms with E-state index >= 15 is 0 Å². The number of amides is 5. The van der Waals surface area contributed by atoms with Gasteiger partial charge in [-0.25, -0.2) is 18.8 Å². The van der Waals surface area contributed by atoms with E-state index in [0.29, 0.717) is 48.3 Å². The molecule has 2 aromatic carbocycles. The Bertz CT molecular complexity index is 1400. The van der Waals surface area contributed by atoms with Crippen molar-refractivity contribution in [3.63, 3.8) is 0 Å². The number of hydrogen-bond acceptors (Lipinski definition) is 3. The van der Waals surface area contributed by atoms with Gasteiger partial charge in [-0.05, 0) is 61.6 Å². The van der Waals surface area contributed by atoms with Crippen LogP contribution in [0, 0.1) is 5.82 Å². The monoisotopic (exact) mass is 661 g/mol. The van der Waals surface area contributed by atoms with Crippen molar-refractivity contribution in [2.45, 2.75) is 62.1 Å². The minimum absolute atomic E-state index is 0.0273. The van der Waals surface area contributed by atoms with Gasteiger partial charge in [0.1, 0.15) is 5.82 Å². The second-order valence-electron chi connectivity index (χ2n) is 11.7. The summed E-state index contributed by atoms with van der Waals surface area (Å²) in [5.74, 6) is -1.09. The summed E-state index contributed by atoms with van der Waals surface area (Å²) in [6, 6.07) is 3.70. The normalized spacial score (nSPS) is 21.9. The van der Waals surface area contributed by atoms with Gasteiger partial charge in [0.15, 0.2) is 0 Å². The van der Waals surface area contributed by atoms with E-state index in [1.165, 1.54) is 48.2 Å². The Morgan fingerprint density at radius 1 is 0.826 bits per heavy atom. The van der Waals surface area contributed by atoms with Crippen LogP contribution in [0.4, 0.5) is 50.8 Å². The maximum Gasteiger partial charge on any atom is 0.416 e. The van der Waals surface area contributed by atoms with Crippen LogP contribution in [-0.2, 0) is 12.4 Å². The number of anilines is 1. The second-order valence-corrected chi connectivity index (χ2v) is 11.7. The van der Waals surface area contributed by atoms with E-state index in [1.54, 1.807) is 0 Å². The smallest absolute Gasteiger partial charge is 0.416 e. The lowest BCUT2D eigenvalue weighted by atomic mass is 9.90. The van der Waals surface area contributed by atoms with Crippen molar-refractivity contribution in [1.29, 1.82) is 0 Å². The molecule has 1 saturated carbocycles. The SMILES string of the molecule is CN(C(=O)N(C)[C@@H]1CN(C(=O)N[C@H]2CC[C@H](N(C)C(=O)O)CC2)C[C@H]1c1ccc(F)cc1)c1cc(C(F)(F)F)cc(C(F)(F)F)c1. The van der Waals surface area contributed by atoms with Crippen molar-refractivity contribution in [3.8, 4) is 0 Å². The molecule has 0 aromatic heterocycles. The number of carbonyl (C=O) groups is 3. The second kappa shape index (κ2) is 13.2. The average molecular weight is 662 g/mol. The molecule has 0 spiro atoms. The van der Waals surface area contributed by atoms with E-state index in [0.717, 1.165) is 11.9 Å². The number of carbonyl (C=O) groups excluding carboxylic acids is 2. The molecule has 1 aliphatic carbocycles. The van der Waals surface area contributed by atoms with Gasteiger partial charge >= 0.3 is 30.5 Å². The van der Waals surface area contributed by atoms with Crippen LogP contribution in [0.15, 0.2) is 42.5 Å². The fraction of sp³-hybridized carbons (Fsp3) is 0.500. The molecule has 2 fully saturated rings. The molecule has 2 aromatic rings. The zero-order chi connectivity index (χ0) is 34.1. The minimum atomic E-state index is -5.11. The summed E-state index contributed by atoms with van der Waals surface area (Å²) >= 11 is 0. The zero-order valence-corrected chi connectivity index (χ0v) is 25.2. The molecule has 0 bridgehead atoms. The average Bonchev–Trinajstić information content (AvgIpc) is 3.45. The summed E-state index contributed by atoms with van der Waals surface area (Å²) in [6.45, 7) is 0.0553. The third-order valence-corrected chi connectivity index (χ3v) is 8.79. The molecule has 1 saturated heterocycles. The third kappa shape index (κ3) is 7.76. The van der Waals surface area contributed by atoms with Gasteiger partial charge in [0.25, 0.3) is 0 Å². The molecule has 2 atom stereocenters. The van der Waals surface area contributed by atoms with Crippen LogP contribution in [0.3, 0.4) is 0 Å². The molecule has 0 radical (unpaired) electrons. The predicted molar refractivity (Wildman–Crippen MR) is 153 cm³/mol. The van der Waals surface area contributed by atoms with Crippen LogP contribution in [0.1, 0.15) is 48.3 Å². The number of likely N-dealkylation sites (tertiary alicyclic amines) is 1. The summed E-state index contributed by atoms with van der Waals surface area (Å²) in [7, 11) is 3.88. The van der Waals surface area contributed by atoms with Gasteiger partial charge in [-0.15, -0.1) is 0 Å². The number of hydrogen-bond donors (Lipinski definition) is 2. The zero-order valence-electron chi connectivity index (χ0n) is 25.2.